The summed E-state index contributed by atoms with van der Waals surface area (Å²) in [4.78, 5) is 27.1. The second-order valence-corrected chi connectivity index (χ2v) is 8.24. The monoisotopic (exact) mass is 400 g/mol. The maximum absolute atomic E-state index is 12.5. The molecular formula is C25H24N2O3. The average Bonchev–Trinajstić information content (AvgIpc) is 3.05. The molecule has 0 saturated heterocycles. The number of aromatic nitrogens is 1. The van der Waals surface area contributed by atoms with Gasteiger partial charge in [0.15, 0.2) is 0 Å². The van der Waals surface area contributed by atoms with Crippen molar-refractivity contribution >= 4 is 6.09 Å². The van der Waals surface area contributed by atoms with Crippen LogP contribution in [0.2, 0.25) is 0 Å². The van der Waals surface area contributed by atoms with E-state index in [1.54, 1.807) is 6.07 Å². The van der Waals surface area contributed by atoms with Gasteiger partial charge in [-0.2, -0.15) is 0 Å². The number of fused-ring (bicyclic) bond motifs is 3. The van der Waals surface area contributed by atoms with Crippen LogP contribution in [0.1, 0.15) is 42.0 Å². The Labute approximate surface area is 175 Å². The van der Waals surface area contributed by atoms with Gasteiger partial charge in [0.25, 0.3) is 0 Å². The highest BCUT2D eigenvalue weighted by atomic mass is 16.5. The molecule has 1 heterocycles. The molecule has 0 spiro atoms. The number of benzene rings is 2. The van der Waals surface area contributed by atoms with Crippen molar-refractivity contribution in [2.45, 2.75) is 30.6 Å². The molecule has 5 rings (SSSR count). The lowest BCUT2D eigenvalue weighted by Crippen LogP contribution is -2.47. The standard InChI is InChI=1S/C25H24N2O3/c28-23-12-5-11-22(27-23)25(13-6-14-25)16-26-24(29)30-15-21-19-9-3-1-7-17(19)18-8-2-4-10-20(18)21/h1-5,7-12,21H,6,13-16H2,(H,26,29)(H,27,28). The molecule has 1 fully saturated rings. The molecule has 2 aliphatic rings. The third-order valence-corrected chi connectivity index (χ3v) is 6.57. The fourth-order valence-electron chi connectivity index (χ4n) is 4.79. The molecule has 5 nitrogen and oxygen atoms in total. The molecule has 0 aliphatic heterocycles. The number of hydrogen-bond acceptors (Lipinski definition) is 3. The van der Waals surface area contributed by atoms with Crippen LogP contribution < -0.4 is 10.9 Å². The van der Waals surface area contributed by atoms with Crippen molar-refractivity contribution in [3.8, 4) is 11.1 Å². The molecule has 2 N–H and O–H groups in total. The van der Waals surface area contributed by atoms with E-state index in [9.17, 15) is 9.59 Å². The van der Waals surface area contributed by atoms with E-state index in [2.05, 4.69) is 34.6 Å². The van der Waals surface area contributed by atoms with Crippen molar-refractivity contribution < 1.29 is 9.53 Å². The number of ether oxygens (including phenoxy) is 1. The molecule has 5 heteroatoms. The summed E-state index contributed by atoms with van der Waals surface area (Å²) in [7, 11) is 0. The third-order valence-electron chi connectivity index (χ3n) is 6.57. The largest absolute Gasteiger partial charge is 0.449 e. The fraction of sp³-hybridized carbons (Fsp3) is 0.280. The zero-order valence-electron chi connectivity index (χ0n) is 16.7. The van der Waals surface area contributed by atoms with Crippen molar-refractivity contribution in [2.24, 2.45) is 0 Å². The highest BCUT2D eigenvalue weighted by Gasteiger charge is 2.40. The predicted octanol–water partition coefficient (Wildman–Crippen LogP) is 4.34. The van der Waals surface area contributed by atoms with Crippen molar-refractivity contribution in [1.82, 2.24) is 10.3 Å². The topological polar surface area (TPSA) is 71.2 Å². The molecule has 2 aromatic carbocycles. The van der Waals surface area contributed by atoms with E-state index in [1.807, 2.05) is 30.3 Å². The Balaban J connectivity index is 1.25. The van der Waals surface area contributed by atoms with Crippen LogP contribution in [-0.2, 0) is 10.2 Å². The van der Waals surface area contributed by atoms with E-state index in [4.69, 9.17) is 4.74 Å². The molecule has 152 valence electrons. The number of H-pyrrole nitrogens is 1. The molecule has 0 bridgehead atoms. The maximum atomic E-state index is 12.5. The van der Waals surface area contributed by atoms with E-state index in [1.165, 1.54) is 28.3 Å². The van der Waals surface area contributed by atoms with Crippen molar-refractivity contribution in [3.05, 3.63) is 93.9 Å². The number of alkyl carbamates (subject to hydrolysis) is 1. The number of nitrogens with one attached hydrogen (secondary N) is 2. The molecule has 2 aliphatic carbocycles. The lowest BCUT2D eigenvalue weighted by molar-refractivity contribution is 0.134. The molecule has 3 aromatic rings. The Morgan fingerprint density at radius 3 is 2.23 bits per heavy atom. The molecule has 0 unspecified atom stereocenters. The first-order valence-electron chi connectivity index (χ1n) is 10.4. The van der Waals surface area contributed by atoms with Gasteiger partial charge in [0.2, 0.25) is 5.56 Å². The van der Waals surface area contributed by atoms with Gasteiger partial charge in [-0.05, 0) is 41.2 Å². The van der Waals surface area contributed by atoms with E-state index in [0.29, 0.717) is 13.2 Å². The lowest BCUT2D eigenvalue weighted by atomic mass is 9.66. The molecular weight excluding hydrogens is 376 g/mol. The number of carbonyl (C=O) groups excluding carboxylic acids is 1. The summed E-state index contributed by atoms with van der Waals surface area (Å²) in [6.45, 7) is 0.763. The quantitative estimate of drug-likeness (QED) is 0.669. The van der Waals surface area contributed by atoms with E-state index < -0.39 is 6.09 Å². The normalized spacial score (nSPS) is 16.3. The number of amides is 1. The molecule has 0 radical (unpaired) electrons. The van der Waals surface area contributed by atoms with Gasteiger partial charge in [0.05, 0.1) is 0 Å². The Morgan fingerprint density at radius 2 is 1.63 bits per heavy atom. The zero-order chi connectivity index (χ0) is 20.6. The van der Waals surface area contributed by atoms with Crippen LogP contribution in [0.4, 0.5) is 4.79 Å². The summed E-state index contributed by atoms with van der Waals surface area (Å²) in [6, 6.07) is 21.8. The number of hydrogen-bond donors (Lipinski definition) is 2. The minimum Gasteiger partial charge on any atom is -0.449 e. The molecule has 1 amide bonds. The van der Waals surface area contributed by atoms with Gasteiger partial charge in [0, 0.05) is 29.6 Å². The maximum Gasteiger partial charge on any atom is 0.407 e. The lowest BCUT2D eigenvalue weighted by Gasteiger charge is -2.41. The van der Waals surface area contributed by atoms with Crippen LogP contribution in [0.15, 0.2) is 71.5 Å². The van der Waals surface area contributed by atoms with Crippen LogP contribution in [0.3, 0.4) is 0 Å². The Kier molecular flexibility index (Phi) is 4.66. The zero-order valence-corrected chi connectivity index (χ0v) is 16.7. The summed E-state index contributed by atoms with van der Waals surface area (Å²) in [5.74, 6) is 0.0475. The highest BCUT2D eigenvalue weighted by Crippen LogP contribution is 2.44. The third kappa shape index (κ3) is 3.20. The van der Waals surface area contributed by atoms with Crippen LogP contribution in [-0.4, -0.2) is 24.2 Å². The smallest absolute Gasteiger partial charge is 0.407 e. The van der Waals surface area contributed by atoms with Gasteiger partial charge in [-0.1, -0.05) is 61.0 Å². The van der Waals surface area contributed by atoms with E-state index >= 15 is 0 Å². The second kappa shape index (κ2) is 7.48. The van der Waals surface area contributed by atoms with Crippen molar-refractivity contribution in [2.75, 3.05) is 13.2 Å². The summed E-state index contributed by atoms with van der Waals surface area (Å²) in [5.41, 5.74) is 5.39. The fourth-order valence-corrected chi connectivity index (χ4v) is 4.79. The first-order valence-corrected chi connectivity index (χ1v) is 10.4. The van der Waals surface area contributed by atoms with Crippen LogP contribution in [0.5, 0.6) is 0 Å². The van der Waals surface area contributed by atoms with Gasteiger partial charge in [-0.25, -0.2) is 4.79 Å². The summed E-state index contributed by atoms with van der Waals surface area (Å²) in [6.07, 6.45) is 2.55. The Bertz CT molecular complexity index is 1100. The molecule has 1 aromatic heterocycles. The average molecular weight is 400 g/mol. The van der Waals surface area contributed by atoms with Crippen LogP contribution in [0.25, 0.3) is 11.1 Å². The Hall–Kier alpha value is -3.34. The van der Waals surface area contributed by atoms with Gasteiger partial charge in [-0.3, -0.25) is 4.79 Å². The van der Waals surface area contributed by atoms with E-state index in [0.717, 1.165) is 25.0 Å². The van der Waals surface area contributed by atoms with Crippen LogP contribution in [0, 0.1) is 0 Å². The van der Waals surface area contributed by atoms with Crippen molar-refractivity contribution in [1.29, 1.82) is 0 Å². The number of pyridine rings is 1. The highest BCUT2D eigenvalue weighted by molar-refractivity contribution is 5.79. The van der Waals surface area contributed by atoms with Gasteiger partial charge < -0.3 is 15.0 Å². The van der Waals surface area contributed by atoms with Crippen molar-refractivity contribution in [3.63, 3.8) is 0 Å². The summed E-state index contributed by atoms with van der Waals surface area (Å²) < 4.78 is 5.64. The number of rotatable bonds is 5. The second-order valence-electron chi connectivity index (χ2n) is 8.24. The minimum atomic E-state index is -0.415. The molecule has 30 heavy (non-hydrogen) atoms. The Morgan fingerprint density at radius 1 is 0.967 bits per heavy atom. The SMILES string of the molecule is O=C(NCC1(c2cccc(=O)[nH]2)CCC1)OCC1c2ccccc2-c2ccccc21. The molecule has 1 saturated carbocycles. The predicted molar refractivity (Wildman–Crippen MR) is 116 cm³/mol. The minimum absolute atomic E-state index is 0.0475. The first kappa shape index (κ1) is 18.7. The molecule has 0 atom stereocenters. The van der Waals surface area contributed by atoms with E-state index in [-0.39, 0.29) is 16.9 Å². The number of carbonyl (C=O) groups is 1. The summed E-state index contributed by atoms with van der Waals surface area (Å²) >= 11 is 0. The van der Waals surface area contributed by atoms with Gasteiger partial charge >= 0.3 is 6.09 Å². The van der Waals surface area contributed by atoms with Gasteiger partial charge in [-0.15, -0.1) is 0 Å². The number of aromatic amines is 1. The van der Waals surface area contributed by atoms with Gasteiger partial charge in [0.1, 0.15) is 6.61 Å². The first-order chi connectivity index (χ1) is 14.7. The van der Waals surface area contributed by atoms with Crippen LogP contribution >= 0.6 is 0 Å². The summed E-state index contributed by atoms with van der Waals surface area (Å²) in [5, 5.41) is 2.93.